The van der Waals surface area contributed by atoms with Crippen LogP contribution in [0.4, 0.5) is 0 Å². The summed E-state index contributed by atoms with van der Waals surface area (Å²) in [6.07, 6.45) is 0. The quantitative estimate of drug-likeness (QED) is 0.436. The smallest absolute Gasteiger partial charge is 0.237 e. The summed E-state index contributed by atoms with van der Waals surface area (Å²) in [5.74, 6) is -0.415. The fourth-order valence-corrected chi connectivity index (χ4v) is 6.79. The lowest BCUT2D eigenvalue weighted by Gasteiger charge is -2.13. The molecular formula is C24H23NO4S2. The van der Waals surface area contributed by atoms with Gasteiger partial charge in [-0.15, -0.1) is 0 Å². The van der Waals surface area contributed by atoms with Crippen molar-refractivity contribution in [3.63, 3.8) is 0 Å². The van der Waals surface area contributed by atoms with E-state index in [9.17, 15) is 16.8 Å². The van der Waals surface area contributed by atoms with Gasteiger partial charge in [-0.05, 0) is 56.7 Å². The highest BCUT2D eigenvalue weighted by molar-refractivity contribution is 7.91. The molecule has 4 aromatic rings. The molecule has 0 saturated heterocycles. The van der Waals surface area contributed by atoms with Crippen molar-refractivity contribution in [2.24, 2.45) is 0 Å². The molecule has 3 aromatic carbocycles. The molecule has 0 spiro atoms. The molecule has 0 aliphatic rings. The van der Waals surface area contributed by atoms with Crippen molar-refractivity contribution in [3.05, 3.63) is 95.2 Å². The number of aryl methyl sites for hydroxylation is 3. The van der Waals surface area contributed by atoms with Crippen LogP contribution in [0, 0.1) is 20.8 Å². The van der Waals surface area contributed by atoms with Crippen molar-refractivity contribution in [2.75, 3.05) is 0 Å². The van der Waals surface area contributed by atoms with E-state index in [1.807, 2.05) is 26.0 Å². The molecule has 0 aliphatic carbocycles. The van der Waals surface area contributed by atoms with Gasteiger partial charge in [0.15, 0.2) is 9.84 Å². The highest BCUT2D eigenvalue weighted by Crippen LogP contribution is 2.32. The van der Waals surface area contributed by atoms with Gasteiger partial charge in [0.05, 0.1) is 26.8 Å². The normalized spacial score (nSPS) is 12.4. The van der Waals surface area contributed by atoms with Crippen molar-refractivity contribution in [1.29, 1.82) is 0 Å². The Labute approximate surface area is 182 Å². The van der Waals surface area contributed by atoms with Gasteiger partial charge in [0.2, 0.25) is 0 Å². The number of fused-ring (bicyclic) bond motifs is 1. The number of sulfone groups is 1. The van der Waals surface area contributed by atoms with Crippen LogP contribution in [0.3, 0.4) is 0 Å². The Hall–Kier alpha value is -2.90. The molecule has 0 aliphatic heterocycles. The molecule has 0 saturated carbocycles. The second-order valence-corrected chi connectivity index (χ2v) is 11.5. The average molecular weight is 454 g/mol. The van der Waals surface area contributed by atoms with Crippen LogP contribution in [0.2, 0.25) is 0 Å². The predicted octanol–water partition coefficient (Wildman–Crippen LogP) is 4.78. The maximum Gasteiger partial charge on any atom is 0.268 e. The van der Waals surface area contributed by atoms with Gasteiger partial charge < -0.3 is 0 Å². The van der Waals surface area contributed by atoms with E-state index < -0.39 is 25.6 Å². The van der Waals surface area contributed by atoms with Crippen LogP contribution >= 0.6 is 0 Å². The summed E-state index contributed by atoms with van der Waals surface area (Å²) in [5.41, 5.74) is 3.25. The number of nitrogens with zero attached hydrogens (tertiary/aromatic N) is 1. The van der Waals surface area contributed by atoms with Gasteiger partial charge >= 0.3 is 0 Å². The van der Waals surface area contributed by atoms with Gasteiger partial charge in [0.1, 0.15) is 0 Å². The Morgan fingerprint density at radius 3 is 1.77 bits per heavy atom. The maximum atomic E-state index is 13.6. The monoisotopic (exact) mass is 453 g/mol. The molecule has 0 fully saturated rings. The molecule has 5 nitrogen and oxygen atoms in total. The largest absolute Gasteiger partial charge is 0.268 e. The van der Waals surface area contributed by atoms with Crippen LogP contribution in [0.5, 0.6) is 0 Å². The summed E-state index contributed by atoms with van der Waals surface area (Å²) < 4.78 is 54.8. The van der Waals surface area contributed by atoms with Crippen molar-refractivity contribution in [3.8, 4) is 0 Å². The Morgan fingerprint density at radius 2 is 1.19 bits per heavy atom. The third-order valence-corrected chi connectivity index (χ3v) is 8.88. The van der Waals surface area contributed by atoms with Crippen molar-refractivity contribution >= 4 is 30.8 Å². The molecular weight excluding hydrogens is 430 g/mol. The summed E-state index contributed by atoms with van der Waals surface area (Å²) in [6.45, 7) is 5.53. The van der Waals surface area contributed by atoms with Crippen molar-refractivity contribution in [2.45, 2.75) is 36.3 Å². The Balaban J connectivity index is 1.95. The van der Waals surface area contributed by atoms with E-state index in [0.29, 0.717) is 16.5 Å². The van der Waals surface area contributed by atoms with Gasteiger partial charge in [-0.3, -0.25) is 0 Å². The highest BCUT2D eigenvalue weighted by atomic mass is 32.2. The van der Waals surface area contributed by atoms with E-state index in [1.54, 1.807) is 67.6 Å². The molecule has 0 N–H and O–H groups in total. The van der Waals surface area contributed by atoms with Crippen molar-refractivity contribution < 1.29 is 16.8 Å². The lowest BCUT2D eigenvalue weighted by molar-refractivity contribution is 0.586. The average Bonchev–Trinajstić information content (AvgIpc) is 3.01. The standard InChI is InChI=1S/C24H23NO4S2/c1-17-8-12-20(13-9-17)30(26,27)16-24-19(3)22-6-4-5-7-23(22)25(24)31(28,29)21-14-10-18(2)11-15-21/h4-15H,16H2,1-3H3. The molecule has 7 heteroatoms. The second kappa shape index (κ2) is 7.66. The fourth-order valence-electron chi connectivity index (χ4n) is 3.69. The zero-order valence-electron chi connectivity index (χ0n) is 17.5. The lowest BCUT2D eigenvalue weighted by Crippen LogP contribution is -2.18. The van der Waals surface area contributed by atoms with E-state index in [2.05, 4.69) is 0 Å². The van der Waals surface area contributed by atoms with E-state index in [-0.39, 0.29) is 15.5 Å². The van der Waals surface area contributed by atoms with Crippen molar-refractivity contribution in [1.82, 2.24) is 3.97 Å². The maximum absolute atomic E-state index is 13.6. The Kier molecular flexibility index (Phi) is 5.27. The highest BCUT2D eigenvalue weighted by Gasteiger charge is 2.28. The SMILES string of the molecule is Cc1ccc(S(=O)(=O)Cc2c(C)c3ccccc3n2S(=O)(=O)c2ccc(C)cc2)cc1. The molecule has 0 radical (unpaired) electrons. The summed E-state index contributed by atoms with van der Waals surface area (Å²) in [6, 6.07) is 20.2. The van der Waals surface area contributed by atoms with Crippen LogP contribution < -0.4 is 0 Å². The zero-order chi connectivity index (χ0) is 22.4. The van der Waals surface area contributed by atoms with Crippen LogP contribution in [0.25, 0.3) is 10.9 Å². The predicted molar refractivity (Wildman–Crippen MR) is 123 cm³/mol. The van der Waals surface area contributed by atoms with E-state index in [0.717, 1.165) is 11.1 Å². The minimum atomic E-state index is -4.00. The summed E-state index contributed by atoms with van der Waals surface area (Å²) >= 11 is 0. The first-order valence-corrected chi connectivity index (χ1v) is 12.9. The number of hydrogen-bond donors (Lipinski definition) is 0. The number of hydrogen-bond acceptors (Lipinski definition) is 4. The molecule has 1 aromatic heterocycles. The Morgan fingerprint density at radius 1 is 0.677 bits per heavy atom. The molecule has 0 bridgehead atoms. The lowest BCUT2D eigenvalue weighted by atomic mass is 10.2. The van der Waals surface area contributed by atoms with Gasteiger partial charge in [-0.25, -0.2) is 20.8 Å². The molecule has 0 unspecified atom stereocenters. The second-order valence-electron chi connectivity index (χ2n) is 7.74. The number of benzene rings is 3. The molecule has 0 amide bonds. The minimum Gasteiger partial charge on any atom is -0.237 e. The first-order chi connectivity index (χ1) is 14.6. The molecule has 4 rings (SSSR count). The van der Waals surface area contributed by atoms with Gasteiger partial charge in [-0.2, -0.15) is 0 Å². The summed E-state index contributed by atoms with van der Waals surface area (Å²) in [7, 11) is -7.76. The van der Waals surface area contributed by atoms with E-state index in [4.69, 9.17) is 0 Å². The summed E-state index contributed by atoms with van der Waals surface area (Å²) in [4.78, 5) is 0.287. The van der Waals surface area contributed by atoms with Crippen LogP contribution in [0.1, 0.15) is 22.4 Å². The zero-order valence-corrected chi connectivity index (χ0v) is 19.2. The number of rotatable bonds is 5. The van der Waals surface area contributed by atoms with Crippen LogP contribution in [-0.2, 0) is 25.6 Å². The summed E-state index contributed by atoms with van der Waals surface area (Å²) in [5, 5.41) is 0.715. The molecule has 31 heavy (non-hydrogen) atoms. The Bertz CT molecular complexity index is 1480. The fraction of sp³-hybridized carbons (Fsp3) is 0.167. The van der Waals surface area contributed by atoms with Gasteiger partial charge in [0.25, 0.3) is 10.0 Å². The molecule has 1 heterocycles. The first kappa shape index (κ1) is 21.3. The van der Waals surface area contributed by atoms with Crippen LogP contribution in [-0.4, -0.2) is 20.8 Å². The first-order valence-electron chi connectivity index (χ1n) is 9.82. The topological polar surface area (TPSA) is 73.2 Å². The van der Waals surface area contributed by atoms with Gasteiger partial charge in [0, 0.05) is 5.39 Å². The minimum absolute atomic E-state index is 0.118. The van der Waals surface area contributed by atoms with Crippen LogP contribution in [0.15, 0.2) is 82.6 Å². The number of para-hydroxylation sites is 1. The number of aromatic nitrogens is 1. The molecule has 160 valence electrons. The third kappa shape index (κ3) is 3.79. The molecule has 0 atom stereocenters. The van der Waals surface area contributed by atoms with Gasteiger partial charge in [-0.1, -0.05) is 53.6 Å². The third-order valence-electron chi connectivity index (χ3n) is 5.47. The van der Waals surface area contributed by atoms with E-state index >= 15 is 0 Å². The van der Waals surface area contributed by atoms with E-state index in [1.165, 1.54) is 3.97 Å².